The summed E-state index contributed by atoms with van der Waals surface area (Å²) in [5, 5.41) is 2.46. The average Bonchev–Trinajstić information content (AvgIpc) is 3.68. The SMILES string of the molecule is c1ccc(-n2c3ccccc3n3c4ccccc4nc23)c(-c2ccncc2-n2c3ccccc3c3ccccc32)c1. The highest BCUT2D eigenvalue weighted by Gasteiger charge is 2.21. The monoisotopic (exact) mass is 525 g/mol. The lowest BCUT2D eigenvalue weighted by Crippen LogP contribution is -2.02. The Kier molecular flexibility index (Phi) is 4.55. The Balaban J connectivity index is 1.38. The van der Waals surface area contributed by atoms with Gasteiger partial charge in [0.15, 0.2) is 0 Å². The highest BCUT2D eigenvalue weighted by molar-refractivity contribution is 6.09. The number of nitrogens with zero attached hydrogens (tertiary/aromatic N) is 5. The van der Waals surface area contributed by atoms with E-state index >= 15 is 0 Å². The normalized spacial score (nSPS) is 11.9. The van der Waals surface area contributed by atoms with Crippen molar-refractivity contribution in [2.24, 2.45) is 0 Å². The zero-order chi connectivity index (χ0) is 26.9. The summed E-state index contributed by atoms with van der Waals surface area (Å²) in [5.41, 5.74) is 11.0. The van der Waals surface area contributed by atoms with Gasteiger partial charge in [0.05, 0.1) is 50.7 Å². The van der Waals surface area contributed by atoms with E-state index in [1.165, 1.54) is 10.8 Å². The number of rotatable bonds is 3. The molecule has 0 fully saturated rings. The molecule has 4 aromatic heterocycles. The van der Waals surface area contributed by atoms with Crippen LogP contribution in [0.1, 0.15) is 0 Å². The van der Waals surface area contributed by atoms with Crippen LogP contribution in [-0.4, -0.2) is 23.5 Å². The summed E-state index contributed by atoms with van der Waals surface area (Å²) in [5.74, 6) is 0.896. The van der Waals surface area contributed by atoms with Gasteiger partial charge in [0.25, 0.3) is 0 Å². The fraction of sp³-hybridized carbons (Fsp3) is 0. The number of fused-ring (bicyclic) bond motifs is 8. The van der Waals surface area contributed by atoms with Gasteiger partial charge in [-0.2, -0.15) is 0 Å². The molecule has 41 heavy (non-hydrogen) atoms. The molecule has 0 amide bonds. The minimum absolute atomic E-state index is 0.896. The van der Waals surface area contributed by atoms with E-state index in [9.17, 15) is 0 Å². The third kappa shape index (κ3) is 3.06. The molecule has 0 saturated heterocycles. The highest BCUT2D eigenvalue weighted by atomic mass is 15.2. The molecule has 0 bridgehead atoms. The second kappa shape index (κ2) is 8.41. The van der Waals surface area contributed by atoms with Crippen molar-refractivity contribution in [1.82, 2.24) is 23.5 Å². The molecular formula is C36H23N5. The van der Waals surface area contributed by atoms with Crippen LogP contribution in [0.15, 0.2) is 140 Å². The molecule has 5 heteroatoms. The van der Waals surface area contributed by atoms with E-state index in [2.05, 4.69) is 140 Å². The molecule has 0 aliphatic heterocycles. The summed E-state index contributed by atoms with van der Waals surface area (Å²) in [6.45, 7) is 0. The first-order valence-electron chi connectivity index (χ1n) is 13.8. The van der Waals surface area contributed by atoms with Crippen LogP contribution in [-0.2, 0) is 0 Å². The Bertz CT molecular complexity index is 2390. The third-order valence-corrected chi connectivity index (χ3v) is 8.16. The van der Waals surface area contributed by atoms with Gasteiger partial charge in [-0.15, -0.1) is 0 Å². The molecule has 0 unspecified atom stereocenters. The van der Waals surface area contributed by atoms with Crippen LogP contribution in [0.3, 0.4) is 0 Å². The Labute approximate surface area is 235 Å². The Hall–Kier alpha value is -5.68. The summed E-state index contributed by atoms with van der Waals surface area (Å²) in [4.78, 5) is 9.74. The largest absolute Gasteiger partial charge is 0.307 e. The third-order valence-electron chi connectivity index (χ3n) is 8.16. The van der Waals surface area contributed by atoms with Crippen molar-refractivity contribution in [3.63, 3.8) is 0 Å². The van der Waals surface area contributed by atoms with Crippen LogP contribution >= 0.6 is 0 Å². The number of pyridine rings is 1. The van der Waals surface area contributed by atoms with E-state index in [0.29, 0.717) is 0 Å². The number of benzene rings is 5. The molecule has 0 atom stereocenters. The first-order valence-corrected chi connectivity index (χ1v) is 13.8. The molecular weight excluding hydrogens is 502 g/mol. The predicted octanol–water partition coefficient (Wildman–Crippen LogP) is 8.59. The summed E-state index contributed by atoms with van der Waals surface area (Å²) >= 11 is 0. The summed E-state index contributed by atoms with van der Waals surface area (Å²) in [6.07, 6.45) is 3.87. The zero-order valence-corrected chi connectivity index (χ0v) is 22.0. The molecule has 0 aliphatic carbocycles. The van der Waals surface area contributed by atoms with Crippen molar-refractivity contribution in [2.75, 3.05) is 0 Å². The average molecular weight is 526 g/mol. The predicted molar refractivity (Wildman–Crippen MR) is 167 cm³/mol. The maximum atomic E-state index is 5.13. The van der Waals surface area contributed by atoms with Gasteiger partial charge < -0.3 is 4.57 Å². The Morgan fingerprint density at radius 1 is 0.439 bits per heavy atom. The van der Waals surface area contributed by atoms with Gasteiger partial charge in [0.1, 0.15) is 0 Å². The van der Waals surface area contributed by atoms with Crippen LogP contribution in [0.25, 0.3) is 72.2 Å². The van der Waals surface area contributed by atoms with Crippen LogP contribution in [0.5, 0.6) is 0 Å². The van der Waals surface area contributed by atoms with Gasteiger partial charge >= 0.3 is 0 Å². The minimum atomic E-state index is 0.896. The maximum absolute atomic E-state index is 5.13. The minimum Gasteiger partial charge on any atom is -0.307 e. The summed E-state index contributed by atoms with van der Waals surface area (Å²) < 4.78 is 6.90. The van der Waals surface area contributed by atoms with Gasteiger partial charge in [-0.05, 0) is 48.5 Å². The quantitative estimate of drug-likeness (QED) is 0.232. The van der Waals surface area contributed by atoms with Crippen molar-refractivity contribution in [3.8, 4) is 22.5 Å². The number of para-hydroxylation sites is 7. The fourth-order valence-corrected chi connectivity index (χ4v) is 6.46. The number of hydrogen-bond acceptors (Lipinski definition) is 2. The fourth-order valence-electron chi connectivity index (χ4n) is 6.46. The standard InChI is InChI=1S/C36H23N5/c1-5-15-29-24(11-1)25-12-2-6-16-30(25)39(29)35-23-37-22-21-27(35)26-13-3-7-17-31(26)40-33-19-9-10-20-34(33)41-32-18-8-4-14-28(32)38-36(40)41/h1-23H. The van der Waals surface area contributed by atoms with Gasteiger partial charge in [0.2, 0.25) is 5.78 Å². The second-order valence-corrected chi connectivity index (χ2v) is 10.3. The van der Waals surface area contributed by atoms with Crippen molar-refractivity contribution in [3.05, 3.63) is 140 Å². The highest BCUT2D eigenvalue weighted by Crippen LogP contribution is 2.39. The lowest BCUT2D eigenvalue weighted by molar-refractivity contribution is 1.10. The smallest absolute Gasteiger partial charge is 0.220 e. The Morgan fingerprint density at radius 3 is 1.80 bits per heavy atom. The van der Waals surface area contributed by atoms with Crippen LogP contribution in [0.4, 0.5) is 0 Å². The maximum Gasteiger partial charge on any atom is 0.220 e. The second-order valence-electron chi connectivity index (χ2n) is 10.3. The molecule has 0 N–H and O–H groups in total. The van der Waals surface area contributed by atoms with E-state index in [1.54, 1.807) is 0 Å². The van der Waals surface area contributed by atoms with Crippen LogP contribution < -0.4 is 0 Å². The van der Waals surface area contributed by atoms with E-state index < -0.39 is 0 Å². The number of imidazole rings is 2. The molecule has 9 rings (SSSR count). The van der Waals surface area contributed by atoms with Gasteiger partial charge in [-0.3, -0.25) is 14.0 Å². The lowest BCUT2D eigenvalue weighted by atomic mass is 10.0. The van der Waals surface area contributed by atoms with Crippen LogP contribution in [0.2, 0.25) is 0 Å². The zero-order valence-electron chi connectivity index (χ0n) is 22.0. The molecule has 5 nitrogen and oxygen atoms in total. The van der Waals surface area contributed by atoms with Gasteiger partial charge in [-0.1, -0.05) is 78.9 Å². The van der Waals surface area contributed by atoms with Gasteiger partial charge in [0, 0.05) is 28.1 Å². The topological polar surface area (TPSA) is 40.1 Å². The molecule has 9 aromatic rings. The molecule has 4 heterocycles. The summed E-state index contributed by atoms with van der Waals surface area (Å²) in [7, 11) is 0. The molecule has 0 radical (unpaired) electrons. The first-order chi connectivity index (χ1) is 20.4. The van der Waals surface area contributed by atoms with E-state index in [1.807, 2.05) is 18.5 Å². The molecule has 192 valence electrons. The summed E-state index contributed by atoms with van der Waals surface area (Å²) in [6, 6.07) is 44.8. The van der Waals surface area contributed by atoms with Crippen molar-refractivity contribution < 1.29 is 0 Å². The van der Waals surface area contributed by atoms with E-state index in [4.69, 9.17) is 4.98 Å². The Morgan fingerprint density at radius 2 is 1.02 bits per heavy atom. The number of hydrogen-bond donors (Lipinski definition) is 0. The van der Waals surface area contributed by atoms with Crippen molar-refractivity contribution in [1.29, 1.82) is 0 Å². The van der Waals surface area contributed by atoms with E-state index in [0.717, 1.165) is 61.4 Å². The van der Waals surface area contributed by atoms with Crippen molar-refractivity contribution >= 4 is 49.7 Å². The van der Waals surface area contributed by atoms with Gasteiger partial charge in [-0.25, -0.2) is 4.98 Å². The first kappa shape index (κ1) is 22.2. The number of aromatic nitrogens is 5. The van der Waals surface area contributed by atoms with E-state index in [-0.39, 0.29) is 0 Å². The molecule has 0 spiro atoms. The lowest BCUT2D eigenvalue weighted by Gasteiger charge is -2.17. The molecule has 0 aliphatic rings. The molecule has 0 saturated carbocycles. The van der Waals surface area contributed by atoms with Crippen LogP contribution in [0, 0.1) is 0 Å². The molecule has 5 aromatic carbocycles. The van der Waals surface area contributed by atoms with Crippen molar-refractivity contribution in [2.45, 2.75) is 0 Å².